The molecular formula is C13H16N2O2. The Morgan fingerprint density at radius 3 is 2.76 bits per heavy atom. The normalized spacial score (nSPS) is 19.3. The lowest BCUT2D eigenvalue weighted by Gasteiger charge is -2.16. The number of hydrogen-bond donors (Lipinski definition) is 0. The third-order valence-corrected chi connectivity index (χ3v) is 3.09. The molecule has 0 aromatic carbocycles. The van der Waals surface area contributed by atoms with Crippen LogP contribution >= 0.6 is 0 Å². The van der Waals surface area contributed by atoms with Crippen molar-refractivity contribution in [2.24, 2.45) is 5.92 Å². The Balaban J connectivity index is 1.95. The zero-order valence-corrected chi connectivity index (χ0v) is 9.71. The molecule has 0 aliphatic carbocycles. The lowest BCUT2D eigenvalue weighted by atomic mass is 10.1. The largest absolute Gasteiger partial charge is 0.345 e. The van der Waals surface area contributed by atoms with E-state index in [2.05, 4.69) is 6.58 Å². The first-order valence-corrected chi connectivity index (χ1v) is 5.75. The molecule has 2 heterocycles. The number of pyridine rings is 1. The highest BCUT2D eigenvalue weighted by atomic mass is 16.2. The van der Waals surface area contributed by atoms with Crippen LogP contribution in [0.15, 0.2) is 42.0 Å². The molecule has 1 aliphatic heterocycles. The third kappa shape index (κ3) is 2.84. The van der Waals surface area contributed by atoms with Crippen molar-refractivity contribution in [3.8, 4) is 0 Å². The van der Waals surface area contributed by atoms with Gasteiger partial charge in [-0.25, -0.2) is 0 Å². The monoisotopic (exact) mass is 232 g/mol. The van der Waals surface area contributed by atoms with E-state index in [-0.39, 0.29) is 11.3 Å². The number of hydrogen-bond acceptors (Lipinski definition) is 2. The quantitative estimate of drug-likeness (QED) is 0.726. The van der Waals surface area contributed by atoms with Crippen LogP contribution < -0.4 is 5.43 Å². The van der Waals surface area contributed by atoms with E-state index in [1.807, 2.05) is 11.0 Å². The predicted molar refractivity (Wildman–Crippen MR) is 65.6 cm³/mol. The van der Waals surface area contributed by atoms with E-state index < -0.39 is 0 Å². The van der Waals surface area contributed by atoms with Crippen LogP contribution in [0.25, 0.3) is 0 Å². The fourth-order valence-corrected chi connectivity index (χ4v) is 2.01. The van der Waals surface area contributed by atoms with Gasteiger partial charge in [0.2, 0.25) is 5.91 Å². The Morgan fingerprint density at radius 2 is 2.18 bits per heavy atom. The molecule has 0 radical (unpaired) electrons. The summed E-state index contributed by atoms with van der Waals surface area (Å²) in [4.78, 5) is 24.7. The van der Waals surface area contributed by atoms with E-state index in [9.17, 15) is 9.59 Å². The van der Waals surface area contributed by atoms with Crippen molar-refractivity contribution >= 4 is 5.91 Å². The molecule has 1 aromatic heterocycles. The summed E-state index contributed by atoms with van der Waals surface area (Å²) < 4.78 is 1.73. The fraction of sp³-hybridized carbons (Fsp3) is 0.385. The first-order valence-electron chi connectivity index (χ1n) is 5.75. The van der Waals surface area contributed by atoms with Gasteiger partial charge in [0.1, 0.15) is 6.54 Å². The van der Waals surface area contributed by atoms with E-state index >= 15 is 0 Å². The molecule has 1 unspecified atom stereocenters. The summed E-state index contributed by atoms with van der Waals surface area (Å²) >= 11 is 0. The average Bonchev–Trinajstić information content (AvgIpc) is 2.81. The van der Waals surface area contributed by atoms with Crippen LogP contribution in [0.1, 0.15) is 6.42 Å². The van der Waals surface area contributed by atoms with Crippen LogP contribution in [0.5, 0.6) is 0 Å². The molecule has 2 rings (SSSR count). The van der Waals surface area contributed by atoms with Gasteiger partial charge in [0, 0.05) is 37.6 Å². The first-order chi connectivity index (χ1) is 8.19. The van der Waals surface area contributed by atoms with Crippen LogP contribution in [-0.4, -0.2) is 28.5 Å². The summed E-state index contributed by atoms with van der Waals surface area (Å²) in [5.41, 5.74) is -0.0402. The molecule has 4 heteroatoms. The van der Waals surface area contributed by atoms with E-state index in [0.717, 1.165) is 19.5 Å². The summed E-state index contributed by atoms with van der Waals surface area (Å²) in [6.45, 7) is 5.62. The zero-order valence-electron chi connectivity index (χ0n) is 9.71. The van der Waals surface area contributed by atoms with Gasteiger partial charge in [-0.15, -0.1) is 6.58 Å². The number of carbonyl (C=O) groups is 1. The average molecular weight is 232 g/mol. The standard InChI is InChI=1S/C13H16N2O2/c1-2-11-3-8-15(9-11)13(17)10-14-6-4-12(16)5-7-14/h2,4-7,11H,1,3,8-10H2. The molecule has 1 aromatic rings. The van der Waals surface area contributed by atoms with E-state index in [0.29, 0.717) is 12.5 Å². The van der Waals surface area contributed by atoms with Crippen molar-refractivity contribution in [2.45, 2.75) is 13.0 Å². The highest BCUT2D eigenvalue weighted by molar-refractivity contribution is 5.76. The van der Waals surface area contributed by atoms with Gasteiger partial charge in [-0.3, -0.25) is 9.59 Å². The highest BCUT2D eigenvalue weighted by Crippen LogP contribution is 2.16. The van der Waals surface area contributed by atoms with Crippen molar-refractivity contribution in [3.05, 3.63) is 47.4 Å². The maximum Gasteiger partial charge on any atom is 0.242 e. The summed E-state index contributed by atoms with van der Waals surface area (Å²) in [5, 5.41) is 0. The molecule has 4 nitrogen and oxygen atoms in total. The molecule has 1 fully saturated rings. The number of likely N-dealkylation sites (tertiary alicyclic amines) is 1. The minimum Gasteiger partial charge on any atom is -0.345 e. The molecule has 0 bridgehead atoms. The Labute approximate surface area is 100 Å². The van der Waals surface area contributed by atoms with Crippen molar-refractivity contribution in [1.82, 2.24) is 9.47 Å². The van der Waals surface area contributed by atoms with Gasteiger partial charge in [0.25, 0.3) is 0 Å². The minimum atomic E-state index is -0.0402. The molecule has 1 aliphatic rings. The Hall–Kier alpha value is -1.84. The van der Waals surface area contributed by atoms with Gasteiger partial charge < -0.3 is 9.47 Å². The molecular weight excluding hydrogens is 216 g/mol. The molecule has 1 atom stereocenters. The van der Waals surface area contributed by atoms with Crippen LogP contribution in [0.4, 0.5) is 0 Å². The van der Waals surface area contributed by atoms with Gasteiger partial charge in [-0.2, -0.15) is 0 Å². The molecule has 17 heavy (non-hydrogen) atoms. The topological polar surface area (TPSA) is 42.3 Å². The number of carbonyl (C=O) groups excluding carboxylic acids is 1. The summed E-state index contributed by atoms with van der Waals surface area (Å²) in [6.07, 6.45) is 6.19. The predicted octanol–water partition coefficient (Wildman–Crippen LogP) is 0.883. The maximum atomic E-state index is 12.0. The second-order valence-corrected chi connectivity index (χ2v) is 4.33. The number of nitrogens with zero attached hydrogens (tertiary/aromatic N) is 2. The van der Waals surface area contributed by atoms with E-state index in [1.54, 1.807) is 17.0 Å². The summed E-state index contributed by atoms with van der Waals surface area (Å²) in [6, 6.07) is 2.92. The SMILES string of the molecule is C=CC1CCN(C(=O)Cn2ccc(=O)cc2)C1. The molecule has 90 valence electrons. The number of amides is 1. The van der Waals surface area contributed by atoms with Gasteiger partial charge in [0.15, 0.2) is 5.43 Å². The molecule has 0 saturated carbocycles. The Kier molecular flexibility index (Phi) is 3.42. The Morgan fingerprint density at radius 1 is 1.47 bits per heavy atom. The fourth-order valence-electron chi connectivity index (χ4n) is 2.01. The van der Waals surface area contributed by atoms with Crippen molar-refractivity contribution in [2.75, 3.05) is 13.1 Å². The summed E-state index contributed by atoms with van der Waals surface area (Å²) in [7, 11) is 0. The Bertz CT molecular complexity index is 458. The molecule has 1 amide bonds. The van der Waals surface area contributed by atoms with Crippen molar-refractivity contribution < 1.29 is 4.79 Å². The highest BCUT2D eigenvalue weighted by Gasteiger charge is 2.23. The van der Waals surface area contributed by atoms with E-state index in [1.165, 1.54) is 12.1 Å². The van der Waals surface area contributed by atoms with Crippen molar-refractivity contribution in [3.63, 3.8) is 0 Å². The number of rotatable bonds is 3. The van der Waals surface area contributed by atoms with Crippen LogP contribution in [0, 0.1) is 5.92 Å². The van der Waals surface area contributed by atoms with E-state index in [4.69, 9.17) is 0 Å². The first kappa shape index (κ1) is 11.6. The minimum absolute atomic E-state index is 0.0402. The van der Waals surface area contributed by atoms with Crippen LogP contribution in [0.2, 0.25) is 0 Å². The van der Waals surface area contributed by atoms with Gasteiger partial charge in [0.05, 0.1) is 0 Å². The smallest absolute Gasteiger partial charge is 0.242 e. The second-order valence-electron chi connectivity index (χ2n) is 4.33. The lowest BCUT2D eigenvalue weighted by molar-refractivity contribution is -0.130. The molecule has 0 N–H and O–H groups in total. The number of aromatic nitrogens is 1. The van der Waals surface area contributed by atoms with Gasteiger partial charge in [-0.05, 0) is 12.3 Å². The summed E-state index contributed by atoms with van der Waals surface area (Å²) in [5.74, 6) is 0.519. The van der Waals surface area contributed by atoms with Crippen LogP contribution in [0.3, 0.4) is 0 Å². The lowest BCUT2D eigenvalue weighted by Crippen LogP contribution is -2.31. The zero-order chi connectivity index (χ0) is 12.3. The van der Waals surface area contributed by atoms with Gasteiger partial charge >= 0.3 is 0 Å². The maximum absolute atomic E-state index is 12.0. The van der Waals surface area contributed by atoms with Crippen LogP contribution in [-0.2, 0) is 11.3 Å². The molecule has 0 spiro atoms. The third-order valence-electron chi connectivity index (χ3n) is 3.09. The molecule has 1 saturated heterocycles. The second kappa shape index (κ2) is 4.99. The van der Waals surface area contributed by atoms with Gasteiger partial charge in [-0.1, -0.05) is 6.08 Å². The van der Waals surface area contributed by atoms with Crippen molar-refractivity contribution in [1.29, 1.82) is 0 Å².